The van der Waals surface area contributed by atoms with Gasteiger partial charge in [-0.1, -0.05) is 61.8 Å². The van der Waals surface area contributed by atoms with Gasteiger partial charge in [-0.3, -0.25) is 24.0 Å². The van der Waals surface area contributed by atoms with E-state index < -0.39 is 65.8 Å². The van der Waals surface area contributed by atoms with E-state index in [1.165, 1.54) is 6.92 Å². The van der Waals surface area contributed by atoms with Crippen LogP contribution in [-0.2, 0) is 33.5 Å². The lowest BCUT2D eigenvalue weighted by molar-refractivity contribution is -0.158. The van der Waals surface area contributed by atoms with E-state index in [4.69, 9.17) is 4.74 Å². The molecule has 1 fully saturated rings. The summed E-state index contributed by atoms with van der Waals surface area (Å²) in [5.74, 6) is -4.29. The summed E-state index contributed by atoms with van der Waals surface area (Å²) in [6.07, 6.45) is -0.0528. The molecule has 40 heavy (non-hydrogen) atoms. The van der Waals surface area contributed by atoms with Gasteiger partial charge in [0, 0.05) is 0 Å². The molecule has 0 aromatic heterocycles. The van der Waals surface area contributed by atoms with Crippen molar-refractivity contribution in [1.82, 2.24) is 26.6 Å². The Hall–Kier alpha value is -3.18. The van der Waals surface area contributed by atoms with Gasteiger partial charge in [0.25, 0.3) is 0 Å². The number of carbonyl (C=O) groups excluding carboxylic acids is 6. The summed E-state index contributed by atoms with van der Waals surface area (Å²) in [6.45, 7) is 15.6. The summed E-state index contributed by atoms with van der Waals surface area (Å²) >= 11 is 0. The predicted molar refractivity (Wildman–Crippen MR) is 149 cm³/mol. The van der Waals surface area contributed by atoms with E-state index in [-0.39, 0.29) is 36.6 Å². The topological polar surface area (TPSA) is 172 Å². The van der Waals surface area contributed by atoms with Crippen LogP contribution in [0.4, 0.5) is 0 Å². The molecule has 0 spiro atoms. The monoisotopic (exact) mass is 567 g/mol. The van der Waals surface area contributed by atoms with E-state index in [1.807, 2.05) is 27.7 Å². The fraction of sp³-hybridized carbons (Fsp3) is 0.786. The normalized spacial score (nSPS) is 27.4. The van der Waals surface area contributed by atoms with Gasteiger partial charge in [-0.25, -0.2) is 4.79 Å². The molecule has 0 unspecified atom stereocenters. The molecule has 228 valence electrons. The van der Waals surface area contributed by atoms with Gasteiger partial charge in [-0.2, -0.15) is 0 Å². The van der Waals surface area contributed by atoms with Gasteiger partial charge in [0.15, 0.2) is 0 Å². The number of cyclic esters (lactones) is 1. The van der Waals surface area contributed by atoms with Gasteiger partial charge < -0.3 is 31.3 Å². The predicted octanol–water partition coefficient (Wildman–Crippen LogP) is 0.781. The number of carbonyl (C=O) groups is 6. The summed E-state index contributed by atoms with van der Waals surface area (Å²) in [6, 6.07) is -3.97. The average molecular weight is 568 g/mol. The zero-order valence-electron chi connectivity index (χ0n) is 25.4. The van der Waals surface area contributed by atoms with Crippen LogP contribution in [0.25, 0.3) is 0 Å². The van der Waals surface area contributed by atoms with Crippen molar-refractivity contribution >= 4 is 35.5 Å². The molecular weight excluding hydrogens is 518 g/mol. The Labute approximate surface area is 237 Å². The standard InChI is InChI=1S/C28H49N5O7/c1-10-17(8)20-12-21(34)29-13-22(35)32-23(15(4)5)27(38)31-19(11-14(2)3)26(37)30-18(9)25(36)33-24(16(6)7)28(39)40-20/h14-20,23-24H,10-13H2,1-9H3,(H,29,34)(H,30,37)(H,31,38)(H,32,35)(H,33,36)/t17-,18-,19+,20-,23-,24-/m0/s1. The third-order valence-electron chi connectivity index (χ3n) is 6.95. The van der Waals surface area contributed by atoms with Crippen molar-refractivity contribution in [2.75, 3.05) is 6.54 Å². The number of nitrogens with one attached hydrogen (secondary N) is 5. The van der Waals surface area contributed by atoms with Crippen molar-refractivity contribution in [3.63, 3.8) is 0 Å². The second-order valence-corrected chi connectivity index (χ2v) is 11.8. The highest BCUT2D eigenvalue weighted by atomic mass is 16.5. The Balaban J connectivity index is 3.39. The second kappa shape index (κ2) is 16.2. The Bertz CT molecular complexity index is 921. The van der Waals surface area contributed by atoms with Crippen LogP contribution < -0.4 is 26.6 Å². The largest absolute Gasteiger partial charge is 0.460 e. The molecule has 6 atom stereocenters. The molecule has 1 aliphatic rings. The lowest BCUT2D eigenvalue weighted by Gasteiger charge is -2.28. The molecule has 0 aliphatic carbocycles. The van der Waals surface area contributed by atoms with E-state index in [9.17, 15) is 28.8 Å². The van der Waals surface area contributed by atoms with Gasteiger partial charge in [0.2, 0.25) is 29.5 Å². The first-order valence-corrected chi connectivity index (χ1v) is 14.2. The smallest absolute Gasteiger partial charge is 0.329 e. The molecule has 0 saturated carbocycles. The Morgan fingerprint density at radius 1 is 0.750 bits per heavy atom. The number of hydrogen-bond acceptors (Lipinski definition) is 7. The SMILES string of the molecule is CC[C@H](C)[C@@H]1CC(=O)NCC(=O)N[C@@H](C(C)C)C(=O)N[C@H](CC(C)C)C(=O)N[C@@H](C)C(=O)N[C@@H](C(C)C)C(=O)O1. The number of amides is 5. The maximum atomic E-state index is 13.2. The van der Waals surface area contributed by atoms with Crippen LogP contribution in [0.15, 0.2) is 0 Å². The highest BCUT2D eigenvalue weighted by molar-refractivity contribution is 5.95. The van der Waals surface area contributed by atoms with Crippen LogP contribution in [0.3, 0.4) is 0 Å². The minimum Gasteiger partial charge on any atom is -0.460 e. The molecule has 12 heteroatoms. The van der Waals surface area contributed by atoms with Crippen LogP contribution in [0, 0.1) is 23.7 Å². The average Bonchev–Trinajstić information content (AvgIpc) is 2.86. The minimum atomic E-state index is -1.02. The fourth-order valence-electron chi connectivity index (χ4n) is 4.16. The number of ether oxygens (including phenoxy) is 1. The summed E-state index contributed by atoms with van der Waals surface area (Å²) in [7, 11) is 0. The lowest BCUT2D eigenvalue weighted by atomic mass is 9.98. The van der Waals surface area contributed by atoms with Gasteiger partial charge in [-0.15, -0.1) is 0 Å². The third-order valence-corrected chi connectivity index (χ3v) is 6.95. The summed E-state index contributed by atoms with van der Waals surface area (Å²) in [5.41, 5.74) is 0. The van der Waals surface area contributed by atoms with Crippen LogP contribution in [0.1, 0.15) is 81.6 Å². The molecule has 1 aliphatic heterocycles. The third kappa shape index (κ3) is 11.1. The van der Waals surface area contributed by atoms with Crippen LogP contribution in [0.5, 0.6) is 0 Å². The van der Waals surface area contributed by atoms with Crippen molar-refractivity contribution in [2.45, 2.75) is 112 Å². The number of rotatable bonds is 6. The fourth-order valence-corrected chi connectivity index (χ4v) is 4.16. The van der Waals surface area contributed by atoms with Crippen molar-refractivity contribution in [3.05, 3.63) is 0 Å². The molecule has 0 radical (unpaired) electrons. The maximum absolute atomic E-state index is 13.2. The molecule has 12 nitrogen and oxygen atoms in total. The number of hydrogen-bond donors (Lipinski definition) is 5. The zero-order valence-corrected chi connectivity index (χ0v) is 25.4. The van der Waals surface area contributed by atoms with Crippen molar-refractivity contribution in [3.8, 4) is 0 Å². The van der Waals surface area contributed by atoms with Crippen molar-refractivity contribution < 1.29 is 33.5 Å². The molecule has 1 rings (SSSR count). The second-order valence-electron chi connectivity index (χ2n) is 11.8. The highest BCUT2D eigenvalue weighted by Gasteiger charge is 2.34. The molecule has 0 aromatic carbocycles. The van der Waals surface area contributed by atoms with E-state index in [1.54, 1.807) is 27.7 Å². The zero-order chi connectivity index (χ0) is 30.7. The van der Waals surface area contributed by atoms with Crippen molar-refractivity contribution in [2.24, 2.45) is 23.7 Å². The van der Waals surface area contributed by atoms with Gasteiger partial charge in [-0.05, 0) is 37.0 Å². The molecule has 5 N–H and O–H groups in total. The Morgan fingerprint density at radius 2 is 1.35 bits per heavy atom. The summed E-state index contributed by atoms with van der Waals surface area (Å²) in [5, 5.41) is 13.2. The Kier molecular flexibility index (Phi) is 14.1. The van der Waals surface area contributed by atoms with E-state index >= 15 is 0 Å². The van der Waals surface area contributed by atoms with Crippen LogP contribution in [-0.4, -0.2) is 72.3 Å². The number of esters is 1. The van der Waals surface area contributed by atoms with E-state index in [2.05, 4.69) is 26.6 Å². The van der Waals surface area contributed by atoms with E-state index in [0.717, 1.165) is 0 Å². The van der Waals surface area contributed by atoms with Gasteiger partial charge in [0.05, 0.1) is 13.0 Å². The quantitative estimate of drug-likeness (QED) is 0.295. The van der Waals surface area contributed by atoms with E-state index in [0.29, 0.717) is 12.8 Å². The molecule has 1 heterocycles. The molecule has 0 aromatic rings. The van der Waals surface area contributed by atoms with Crippen LogP contribution in [0.2, 0.25) is 0 Å². The first kappa shape index (κ1) is 34.8. The summed E-state index contributed by atoms with van der Waals surface area (Å²) in [4.78, 5) is 77.8. The lowest BCUT2D eigenvalue weighted by Crippen LogP contribution is -2.58. The van der Waals surface area contributed by atoms with Gasteiger partial charge >= 0.3 is 5.97 Å². The minimum absolute atomic E-state index is 0.0302. The van der Waals surface area contributed by atoms with Gasteiger partial charge in [0.1, 0.15) is 30.3 Å². The molecule has 5 amide bonds. The Morgan fingerprint density at radius 3 is 1.88 bits per heavy atom. The first-order chi connectivity index (χ1) is 18.6. The molecule has 0 bridgehead atoms. The molecule has 1 saturated heterocycles. The highest BCUT2D eigenvalue weighted by Crippen LogP contribution is 2.18. The van der Waals surface area contributed by atoms with Crippen molar-refractivity contribution in [1.29, 1.82) is 0 Å². The first-order valence-electron chi connectivity index (χ1n) is 14.2. The maximum Gasteiger partial charge on any atom is 0.329 e. The molecular formula is C28H49N5O7. The van der Waals surface area contributed by atoms with Crippen LogP contribution >= 0.6 is 0 Å². The summed E-state index contributed by atoms with van der Waals surface area (Å²) < 4.78 is 5.71.